The maximum absolute atomic E-state index is 5.55. The van der Waals surface area contributed by atoms with Crippen LogP contribution in [0.1, 0.15) is 32.4 Å². The van der Waals surface area contributed by atoms with E-state index in [4.69, 9.17) is 4.42 Å². The first kappa shape index (κ1) is 21.2. The number of aliphatic imine (C=N–C) groups is 1. The van der Waals surface area contributed by atoms with Gasteiger partial charge in [0.25, 0.3) is 0 Å². The van der Waals surface area contributed by atoms with Crippen molar-refractivity contribution < 1.29 is 4.42 Å². The fraction of sp³-hybridized carbons (Fsp3) is 0.556. The Balaban J connectivity index is 0.00000243. The number of aromatic nitrogens is 1. The molecule has 0 atom stereocenters. The van der Waals surface area contributed by atoms with Crippen molar-refractivity contribution in [3.8, 4) is 10.8 Å². The van der Waals surface area contributed by atoms with E-state index in [0.29, 0.717) is 24.5 Å². The maximum Gasteiger partial charge on any atom is 0.236 e. The minimum atomic E-state index is 0. The van der Waals surface area contributed by atoms with Crippen LogP contribution in [-0.2, 0) is 6.54 Å². The summed E-state index contributed by atoms with van der Waals surface area (Å²) >= 11 is 1.63. The normalized spacial score (nSPS) is 16.5. The molecule has 1 fully saturated rings. The Morgan fingerprint density at radius 2 is 2.19 bits per heavy atom. The van der Waals surface area contributed by atoms with E-state index in [9.17, 15) is 0 Å². The van der Waals surface area contributed by atoms with Crippen molar-refractivity contribution in [2.24, 2.45) is 4.99 Å². The van der Waals surface area contributed by atoms with E-state index in [1.54, 1.807) is 24.6 Å². The molecule has 2 aromatic rings. The fourth-order valence-electron chi connectivity index (χ4n) is 3.02. The highest BCUT2D eigenvalue weighted by atomic mass is 127. The Labute approximate surface area is 176 Å². The smallest absolute Gasteiger partial charge is 0.236 e. The Morgan fingerprint density at radius 1 is 1.42 bits per heavy atom. The van der Waals surface area contributed by atoms with Gasteiger partial charge in [-0.3, -0.25) is 4.99 Å². The van der Waals surface area contributed by atoms with Crippen LogP contribution in [0.4, 0.5) is 0 Å². The first-order valence-electron chi connectivity index (χ1n) is 8.85. The molecule has 1 aliphatic heterocycles. The number of nitrogens with one attached hydrogen (secondary N) is 2. The van der Waals surface area contributed by atoms with Gasteiger partial charge in [-0.1, -0.05) is 6.07 Å². The summed E-state index contributed by atoms with van der Waals surface area (Å²) in [6, 6.07) is 5.11. The van der Waals surface area contributed by atoms with Gasteiger partial charge >= 0.3 is 0 Å². The molecule has 2 aromatic heterocycles. The first-order valence-corrected chi connectivity index (χ1v) is 9.73. The molecule has 2 N–H and O–H groups in total. The van der Waals surface area contributed by atoms with Crippen LogP contribution in [0.25, 0.3) is 10.8 Å². The van der Waals surface area contributed by atoms with Gasteiger partial charge in [-0.05, 0) is 38.1 Å². The summed E-state index contributed by atoms with van der Waals surface area (Å²) in [4.78, 5) is 12.4. The Morgan fingerprint density at radius 3 is 2.81 bits per heavy atom. The summed E-state index contributed by atoms with van der Waals surface area (Å²) in [5.41, 5.74) is 0.876. The van der Waals surface area contributed by atoms with E-state index in [2.05, 4.69) is 39.4 Å². The molecule has 1 saturated heterocycles. The number of hydrogen-bond acceptors (Lipinski definition) is 5. The molecule has 0 aliphatic carbocycles. The van der Waals surface area contributed by atoms with E-state index in [1.165, 1.54) is 0 Å². The minimum absolute atomic E-state index is 0. The highest BCUT2D eigenvalue weighted by Crippen LogP contribution is 2.23. The molecular formula is C18H28IN5OS. The molecule has 0 spiro atoms. The second-order valence-electron chi connectivity index (χ2n) is 6.60. The molecule has 0 amide bonds. The van der Waals surface area contributed by atoms with E-state index in [1.807, 2.05) is 17.5 Å². The molecule has 3 heterocycles. The summed E-state index contributed by atoms with van der Waals surface area (Å²) in [5, 5.41) is 8.88. The predicted molar refractivity (Wildman–Crippen MR) is 118 cm³/mol. The standard InChI is InChI=1S/C18H27N5OS.HI/c1-13(2)23-8-6-14(7-9-23)22-18(19-3)20-11-15-12-24-17(21-15)16-5-4-10-25-16;/h4-5,10,12-14H,6-9,11H2,1-3H3,(H2,19,20,22);1H. The lowest BCUT2D eigenvalue weighted by Crippen LogP contribution is -2.49. The van der Waals surface area contributed by atoms with Crippen molar-refractivity contribution in [3.05, 3.63) is 29.5 Å². The molecular weight excluding hydrogens is 461 g/mol. The number of guanidine groups is 1. The van der Waals surface area contributed by atoms with Crippen molar-refractivity contribution in [3.63, 3.8) is 0 Å². The van der Waals surface area contributed by atoms with Crippen molar-refractivity contribution in [2.75, 3.05) is 20.1 Å². The minimum Gasteiger partial charge on any atom is -0.443 e. The van der Waals surface area contributed by atoms with Crippen LogP contribution in [0, 0.1) is 0 Å². The molecule has 0 bridgehead atoms. The lowest BCUT2D eigenvalue weighted by atomic mass is 10.0. The largest absolute Gasteiger partial charge is 0.443 e. The second-order valence-corrected chi connectivity index (χ2v) is 7.54. The van der Waals surface area contributed by atoms with Gasteiger partial charge in [0.15, 0.2) is 5.96 Å². The number of likely N-dealkylation sites (tertiary alicyclic amines) is 1. The highest BCUT2D eigenvalue weighted by Gasteiger charge is 2.21. The Kier molecular flexibility index (Phi) is 8.36. The SMILES string of the molecule is CN=C(NCc1coc(-c2cccs2)n1)NC1CCN(C(C)C)CC1.I. The molecule has 0 saturated carbocycles. The molecule has 8 heteroatoms. The summed E-state index contributed by atoms with van der Waals surface area (Å²) in [7, 11) is 1.80. The zero-order valence-corrected chi connectivity index (χ0v) is 18.7. The molecule has 3 rings (SSSR count). The van der Waals surface area contributed by atoms with Gasteiger partial charge in [-0.2, -0.15) is 0 Å². The third-order valence-corrected chi connectivity index (χ3v) is 5.40. The number of halogens is 1. The van der Waals surface area contributed by atoms with Crippen LogP contribution >= 0.6 is 35.3 Å². The average Bonchev–Trinajstić information content (AvgIpc) is 3.30. The highest BCUT2D eigenvalue weighted by molar-refractivity contribution is 14.0. The van der Waals surface area contributed by atoms with Crippen LogP contribution in [-0.4, -0.2) is 48.1 Å². The van der Waals surface area contributed by atoms with E-state index in [-0.39, 0.29) is 24.0 Å². The lowest BCUT2D eigenvalue weighted by Gasteiger charge is -2.35. The Hall–Kier alpha value is -1.13. The van der Waals surface area contributed by atoms with Gasteiger partial charge in [-0.25, -0.2) is 4.98 Å². The van der Waals surface area contributed by atoms with Crippen LogP contribution in [0.15, 0.2) is 33.2 Å². The van der Waals surface area contributed by atoms with Crippen molar-refractivity contribution >= 4 is 41.3 Å². The predicted octanol–water partition coefficient (Wildman–Crippen LogP) is 3.56. The molecule has 0 aromatic carbocycles. The maximum atomic E-state index is 5.55. The topological polar surface area (TPSA) is 65.7 Å². The van der Waals surface area contributed by atoms with Gasteiger partial charge < -0.3 is 20.0 Å². The fourth-order valence-corrected chi connectivity index (χ4v) is 3.68. The number of nitrogens with zero attached hydrogens (tertiary/aromatic N) is 3. The van der Waals surface area contributed by atoms with E-state index >= 15 is 0 Å². The third kappa shape index (κ3) is 5.68. The van der Waals surface area contributed by atoms with Crippen molar-refractivity contribution in [2.45, 2.75) is 45.3 Å². The summed E-state index contributed by atoms with van der Waals surface area (Å²) < 4.78 is 5.55. The summed E-state index contributed by atoms with van der Waals surface area (Å²) in [6.45, 7) is 7.40. The molecule has 26 heavy (non-hydrogen) atoms. The third-order valence-electron chi connectivity index (χ3n) is 4.54. The van der Waals surface area contributed by atoms with E-state index < -0.39 is 0 Å². The molecule has 0 unspecified atom stereocenters. The number of thiophene rings is 1. The lowest BCUT2D eigenvalue weighted by molar-refractivity contribution is 0.167. The number of rotatable bonds is 5. The van der Waals surface area contributed by atoms with E-state index in [0.717, 1.165) is 42.5 Å². The summed E-state index contributed by atoms with van der Waals surface area (Å²) in [6.07, 6.45) is 3.99. The van der Waals surface area contributed by atoms with Crippen molar-refractivity contribution in [1.29, 1.82) is 0 Å². The zero-order chi connectivity index (χ0) is 17.6. The number of hydrogen-bond donors (Lipinski definition) is 2. The second kappa shape index (κ2) is 10.3. The van der Waals surface area contributed by atoms with Crippen LogP contribution in [0.3, 0.4) is 0 Å². The van der Waals surface area contributed by atoms with Gasteiger partial charge in [0.2, 0.25) is 5.89 Å². The average molecular weight is 489 g/mol. The Bertz CT molecular complexity index is 678. The molecule has 6 nitrogen and oxygen atoms in total. The van der Waals surface area contributed by atoms with Crippen LogP contribution in [0.5, 0.6) is 0 Å². The molecule has 144 valence electrons. The molecule has 0 radical (unpaired) electrons. The van der Waals surface area contributed by atoms with Gasteiger partial charge in [-0.15, -0.1) is 35.3 Å². The van der Waals surface area contributed by atoms with Gasteiger partial charge in [0.1, 0.15) is 6.26 Å². The summed E-state index contributed by atoms with van der Waals surface area (Å²) in [5.74, 6) is 1.50. The monoisotopic (exact) mass is 489 g/mol. The number of oxazole rings is 1. The number of piperidine rings is 1. The first-order chi connectivity index (χ1) is 12.2. The quantitative estimate of drug-likeness (QED) is 0.382. The van der Waals surface area contributed by atoms with Gasteiger partial charge in [0.05, 0.1) is 17.1 Å². The molecule has 1 aliphatic rings. The van der Waals surface area contributed by atoms with Gasteiger partial charge in [0, 0.05) is 32.2 Å². The van der Waals surface area contributed by atoms with Crippen LogP contribution in [0.2, 0.25) is 0 Å². The van der Waals surface area contributed by atoms with Crippen LogP contribution < -0.4 is 10.6 Å². The zero-order valence-electron chi connectivity index (χ0n) is 15.6. The van der Waals surface area contributed by atoms with Crippen molar-refractivity contribution in [1.82, 2.24) is 20.5 Å².